The van der Waals surface area contributed by atoms with Crippen LogP contribution in [0.25, 0.3) is 0 Å². The van der Waals surface area contributed by atoms with E-state index >= 15 is 0 Å². The first-order valence-electron chi connectivity index (χ1n) is 11.1. The molecule has 1 N–H and O–H groups in total. The molecule has 0 radical (unpaired) electrons. The molecular formula is C24H32N2O3S. The zero-order chi connectivity index (χ0) is 20.8. The molecule has 2 saturated heterocycles. The molecule has 0 spiro atoms. The highest BCUT2D eigenvalue weighted by atomic mass is 32.1. The van der Waals surface area contributed by atoms with Gasteiger partial charge in [0.05, 0.1) is 12.1 Å². The van der Waals surface area contributed by atoms with Crippen molar-refractivity contribution in [1.29, 1.82) is 0 Å². The Bertz CT molecular complexity index is 779. The first kappa shape index (κ1) is 21.3. The molecule has 2 aliphatic heterocycles. The second kappa shape index (κ2) is 10.4. The lowest BCUT2D eigenvalue weighted by Crippen LogP contribution is -2.41. The van der Waals surface area contributed by atoms with Gasteiger partial charge in [-0.15, -0.1) is 11.3 Å². The Balaban J connectivity index is 1.31. The van der Waals surface area contributed by atoms with Crippen LogP contribution in [0.1, 0.15) is 53.9 Å². The normalized spacial score (nSPS) is 21.4. The van der Waals surface area contributed by atoms with Gasteiger partial charge in [0.15, 0.2) is 0 Å². The van der Waals surface area contributed by atoms with Gasteiger partial charge in [0.1, 0.15) is 12.4 Å². The number of nitrogens with one attached hydrogen (secondary N) is 1. The average molecular weight is 429 g/mol. The number of likely N-dealkylation sites (tertiary alicyclic amines) is 1. The standard InChI is InChI=1S/C24H32N2O3S/c1-18-10-12-26(13-11-18)22(23-5-3-15-30-23)16-25-24(27)19-6-8-20(9-7-19)29-17-21-4-2-14-28-21/h3,5-9,15,18,21-22H,2,4,10-14,16-17H2,1H3,(H,25,27). The maximum absolute atomic E-state index is 12.7. The van der Waals surface area contributed by atoms with E-state index in [0.29, 0.717) is 18.7 Å². The van der Waals surface area contributed by atoms with E-state index in [1.807, 2.05) is 24.3 Å². The summed E-state index contributed by atoms with van der Waals surface area (Å²) in [5.41, 5.74) is 0.664. The molecule has 2 unspecified atom stereocenters. The molecule has 3 heterocycles. The van der Waals surface area contributed by atoms with Crippen LogP contribution in [0.3, 0.4) is 0 Å². The minimum atomic E-state index is -0.0346. The van der Waals surface area contributed by atoms with Gasteiger partial charge in [0.25, 0.3) is 5.91 Å². The highest BCUT2D eigenvalue weighted by molar-refractivity contribution is 7.10. The van der Waals surface area contributed by atoms with Crippen molar-refractivity contribution in [3.8, 4) is 5.75 Å². The Morgan fingerprint density at radius 1 is 1.23 bits per heavy atom. The third-order valence-corrected chi connectivity index (χ3v) is 7.14. The van der Waals surface area contributed by atoms with Gasteiger partial charge in [0.2, 0.25) is 0 Å². The molecule has 6 heteroatoms. The molecule has 2 aromatic rings. The van der Waals surface area contributed by atoms with E-state index in [1.165, 1.54) is 17.7 Å². The maximum Gasteiger partial charge on any atom is 0.251 e. The smallest absolute Gasteiger partial charge is 0.251 e. The second-order valence-corrected chi connectivity index (χ2v) is 9.41. The van der Waals surface area contributed by atoms with Crippen molar-refractivity contribution in [3.05, 3.63) is 52.2 Å². The number of ether oxygens (including phenoxy) is 2. The summed E-state index contributed by atoms with van der Waals surface area (Å²) in [7, 11) is 0. The Morgan fingerprint density at radius 3 is 2.70 bits per heavy atom. The number of nitrogens with zero attached hydrogens (tertiary/aromatic N) is 1. The first-order chi connectivity index (χ1) is 14.7. The van der Waals surface area contributed by atoms with Crippen LogP contribution in [-0.2, 0) is 4.74 Å². The van der Waals surface area contributed by atoms with E-state index in [1.54, 1.807) is 11.3 Å². The third kappa shape index (κ3) is 5.62. The van der Waals surface area contributed by atoms with Gasteiger partial charge in [-0.05, 0) is 80.4 Å². The van der Waals surface area contributed by atoms with Crippen LogP contribution in [0.2, 0.25) is 0 Å². The predicted molar refractivity (Wildman–Crippen MR) is 120 cm³/mol. The molecule has 1 aromatic carbocycles. The Morgan fingerprint density at radius 2 is 2.03 bits per heavy atom. The zero-order valence-electron chi connectivity index (χ0n) is 17.7. The molecule has 5 nitrogen and oxygen atoms in total. The fraction of sp³-hybridized carbons (Fsp3) is 0.542. The van der Waals surface area contributed by atoms with Crippen LogP contribution in [0.15, 0.2) is 41.8 Å². The summed E-state index contributed by atoms with van der Waals surface area (Å²) in [6.07, 6.45) is 4.81. The maximum atomic E-state index is 12.7. The van der Waals surface area contributed by atoms with Crippen molar-refractivity contribution in [2.24, 2.45) is 5.92 Å². The number of rotatable bonds is 8. The van der Waals surface area contributed by atoms with Crippen LogP contribution < -0.4 is 10.1 Å². The summed E-state index contributed by atoms with van der Waals surface area (Å²) in [5.74, 6) is 1.54. The van der Waals surface area contributed by atoms with E-state index in [9.17, 15) is 4.79 Å². The van der Waals surface area contributed by atoms with Gasteiger partial charge >= 0.3 is 0 Å². The van der Waals surface area contributed by atoms with Crippen molar-refractivity contribution < 1.29 is 14.3 Å². The molecule has 0 aliphatic carbocycles. The Kier molecular flexibility index (Phi) is 7.42. The minimum Gasteiger partial charge on any atom is -0.491 e. The van der Waals surface area contributed by atoms with Gasteiger partial charge in [-0.2, -0.15) is 0 Å². The molecule has 2 fully saturated rings. The molecule has 1 aromatic heterocycles. The lowest BCUT2D eigenvalue weighted by molar-refractivity contribution is 0.0679. The molecule has 30 heavy (non-hydrogen) atoms. The second-order valence-electron chi connectivity index (χ2n) is 8.43. The van der Waals surface area contributed by atoms with E-state index < -0.39 is 0 Å². The summed E-state index contributed by atoms with van der Waals surface area (Å²) in [4.78, 5) is 16.6. The lowest BCUT2D eigenvalue weighted by Gasteiger charge is -2.36. The van der Waals surface area contributed by atoms with Crippen molar-refractivity contribution in [2.45, 2.75) is 44.8 Å². The van der Waals surface area contributed by atoms with Crippen LogP contribution in [-0.4, -0.2) is 49.8 Å². The van der Waals surface area contributed by atoms with Crippen LogP contribution in [0.5, 0.6) is 5.75 Å². The van der Waals surface area contributed by atoms with Crippen molar-refractivity contribution in [2.75, 3.05) is 32.8 Å². The van der Waals surface area contributed by atoms with Gasteiger partial charge in [-0.1, -0.05) is 13.0 Å². The largest absolute Gasteiger partial charge is 0.491 e. The van der Waals surface area contributed by atoms with Crippen LogP contribution in [0.4, 0.5) is 0 Å². The molecule has 1 amide bonds. The third-order valence-electron chi connectivity index (χ3n) is 6.16. The summed E-state index contributed by atoms with van der Waals surface area (Å²) in [6, 6.07) is 11.9. The van der Waals surface area contributed by atoms with E-state index in [4.69, 9.17) is 9.47 Å². The Hall–Kier alpha value is -1.89. The zero-order valence-corrected chi connectivity index (χ0v) is 18.5. The van der Waals surface area contributed by atoms with E-state index in [-0.39, 0.29) is 18.1 Å². The van der Waals surface area contributed by atoms with Crippen LogP contribution in [0, 0.1) is 5.92 Å². The number of carbonyl (C=O) groups excluding carboxylic acids is 1. The number of amides is 1. The molecule has 0 saturated carbocycles. The highest BCUT2D eigenvalue weighted by Crippen LogP contribution is 2.29. The summed E-state index contributed by atoms with van der Waals surface area (Å²) >= 11 is 1.77. The number of piperidine rings is 1. The quantitative estimate of drug-likeness (QED) is 0.672. The van der Waals surface area contributed by atoms with Crippen molar-refractivity contribution >= 4 is 17.2 Å². The van der Waals surface area contributed by atoms with Gasteiger partial charge in [-0.25, -0.2) is 0 Å². The lowest BCUT2D eigenvalue weighted by atomic mass is 9.97. The van der Waals surface area contributed by atoms with E-state index in [2.05, 4.69) is 34.7 Å². The van der Waals surface area contributed by atoms with Crippen molar-refractivity contribution in [3.63, 3.8) is 0 Å². The molecule has 2 atom stereocenters. The minimum absolute atomic E-state index is 0.0346. The summed E-state index contributed by atoms with van der Waals surface area (Å²) in [5, 5.41) is 5.27. The van der Waals surface area contributed by atoms with E-state index in [0.717, 1.165) is 44.2 Å². The molecular weight excluding hydrogens is 396 g/mol. The Labute approximate surface area is 183 Å². The van der Waals surface area contributed by atoms with Crippen molar-refractivity contribution in [1.82, 2.24) is 10.2 Å². The fourth-order valence-electron chi connectivity index (χ4n) is 4.19. The monoisotopic (exact) mass is 428 g/mol. The number of benzene rings is 1. The predicted octanol–water partition coefficient (Wildman–Crippen LogP) is 4.51. The SMILES string of the molecule is CC1CCN(C(CNC(=O)c2ccc(OCC3CCCO3)cc2)c2cccs2)CC1. The highest BCUT2D eigenvalue weighted by Gasteiger charge is 2.26. The number of hydrogen-bond acceptors (Lipinski definition) is 5. The fourth-order valence-corrected chi connectivity index (χ4v) is 5.05. The molecule has 4 rings (SSSR count). The first-order valence-corrected chi connectivity index (χ1v) is 12.0. The number of hydrogen-bond donors (Lipinski definition) is 1. The number of carbonyl (C=O) groups is 1. The van der Waals surface area contributed by atoms with Gasteiger partial charge < -0.3 is 14.8 Å². The summed E-state index contributed by atoms with van der Waals surface area (Å²) in [6.45, 7) is 6.55. The van der Waals surface area contributed by atoms with Gasteiger partial charge in [0, 0.05) is 23.6 Å². The summed E-state index contributed by atoms with van der Waals surface area (Å²) < 4.78 is 11.4. The van der Waals surface area contributed by atoms with Gasteiger partial charge in [-0.3, -0.25) is 9.69 Å². The van der Waals surface area contributed by atoms with Crippen LogP contribution >= 0.6 is 11.3 Å². The molecule has 0 bridgehead atoms. The molecule has 162 valence electrons. The average Bonchev–Trinajstić information content (AvgIpc) is 3.48. The molecule has 2 aliphatic rings. The topological polar surface area (TPSA) is 50.8 Å². The number of thiophene rings is 1.